The predicted molar refractivity (Wildman–Crippen MR) is 101 cm³/mol. The number of hydrogen-bond acceptors (Lipinski definition) is 5. The van der Waals surface area contributed by atoms with Crippen molar-refractivity contribution in [3.8, 4) is 0 Å². The quantitative estimate of drug-likeness (QED) is 0.791. The number of carbonyl (C=O) groups is 3. The highest BCUT2D eigenvalue weighted by molar-refractivity contribution is 5.98. The maximum Gasteiger partial charge on any atom is 0.410 e. The molecule has 2 amide bonds. The molecular formula is C20H22FN3O5. The van der Waals surface area contributed by atoms with Crippen LogP contribution in [0, 0.1) is 5.82 Å². The first kappa shape index (κ1) is 19.2. The number of aromatic nitrogens is 1. The van der Waals surface area contributed by atoms with E-state index in [-0.39, 0.29) is 31.0 Å². The lowest BCUT2D eigenvalue weighted by Gasteiger charge is -2.37. The maximum atomic E-state index is 13.4. The number of H-pyrrole nitrogens is 1. The minimum Gasteiger partial charge on any atom is -0.464 e. The van der Waals surface area contributed by atoms with E-state index in [1.54, 1.807) is 24.0 Å². The molecule has 2 saturated heterocycles. The van der Waals surface area contributed by atoms with Gasteiger partial charge in [-0.15, -0.1) is 0 Å². The van der Waals surface area contributed by atoms with Crippen molar-refractivity contribution >= 4 is 28.9 Å². The molecule has 9 heteroatoms. The number of rotatable bonds is 4. The predicted octanol–water partition coefficient (Wildman–Crippen LogP) is 2.30. The fourth-order valence-corrected chi connectivity index (χ4v) is 3.99. The molecule has 1 unspecified atom stereocenters. The van der Waals surface area contributed by atoms with Crippen molar-refractivity contribution in [3.05, 3.63) is 35.8 Å². The van der Waals surface area contributed by atoms with Crippen molar-refractivity contribution in [2.45, 2.75) is 31.8 Å². The number of aromatic amines is 1. The molecule has 154 valence electrons. The fourth-order valence-electron chi connectivity index (χ4n) is 3.99. The molecule has 1 aromatic heterocycles. The average Bonchev–Trinajstić information content (AvgIpc) is 3.31. The summed E-state index contributed by atoms with van der Waals surface area (Å²) in [5.74, 6) is -1.00. The molecule has 0 bridgehead atoms. The Bertz CT molecular complexity index is 951. The largest absolute Gasteiger partial charge is 0.464 e. The van der Waals surface area contributed by atoms with Crippen LogP contribution in [0.5, 0.6) is 0 Å². The summed E-state index contributed by atoms with van der Waals surface area (Å²) < 4.78 is 23.5. The Morgan fingerprint density at radius 2 is 2.03 bits per heavy atom. The molecule has 2 aliphatic rings. The van der Waals surface area contributed by atoms with Gasteiger partial charge in [0, 0.05) is 30.0 Å². The van der Waals surface area contributed by atoms with Crippen molar-refractivity contribution in [3.63, 3.8) is 0 Å². The molecule has 29 heavy (non-hydrogen) atoms. The van der Waals surface area contributed by atoms with Crippen LogP contribution in [0.15, 0.2) is 24.3 Å². The first-order chi connectivity index (χ1) is 14.0. The number of likely N-dealkylation sites (tertiary alicyclic amines) is 1. The molecule has 1 aromatic carbocycles. The van der Waals surface area contributed by atoms with Gasteiger partial charge in [0.15, 0.2) is 6.04 Å². The molecule has 0 saturated carbocycles. The van der Waals surface area contributed by atoms with Gasteiger partial charge < -0.3 is 19.4 Å². The minimum atomic E-state index is -0.738. The van der Waals surface area contributed by atoms with Crippen LogP contribution in [0.25, 0.3) is 10.9 Å². The molecule has 3 heterocycles. The molecule has 8 nitrogen and oxygen atoms in total. The van der Waals surface area contributed by atoms with E-state index in [0.29, 0.717) is 42.5 Å². The Hall–Kier alpha value is -3.10. The lowest BCUT2D eigenvalue weighted by Crippen LogP contribution is -2.52. The SMILES string of the molecule is CCOC(=O)C1COC(=O)N1C1CCN(C(=O)c2cc3cc(F)ccc3[nH]2)CC1. The van der Waals surface area contributed by atoms with Crippen LogP contribution in [0.2, 0.25) is 0 Å². The second kappa shape index (κ2) is 7.73. The van der Waals surface area contributed by atoms with Gasteiger partial charge in [-0.3, -0.25) is 9.69 Å². The summed E-state index contributed by atoms with van der Waals surface area (Å²) in [6.07, 6.45) is 0.544. The third-order valence-corrected chi connectivity index (χ3v) is 5.43. The fraction of sp³-hybridized carbons (Fsp3) is 0.450. The third kappa shape index (κ3) is 3.64. The van der Waals surface area contributed by atoms with Crippen LogP contribution in [0.1, 0.15) is 30.3 Å². The number of ether oxygens (including phenoxy) is 2. The third-order valence-electron chi connectivity index (χ3n) is 5.43. The van der Waals surface area contributed by atoms with Gasteiger partial charge in [-0.2, -0.15) is 0 Å². The van der Waals surface area contributed by atoms with E-state index in [9.17, 15) is 18.8 Å². The number of hydrogen-bond donors (Lipinski definition) is 1. The van der Waals surface area contributed by atoms with Crippen molar-refractivity contribution in [2.75, 3.05) is 26.3 Å². The number of piperidine rings is 1. The van der Waals surface area contributed by atoms with Gasteiger partial charge in [-0.05, 0) is 44.0 Å². The average molecular weight is 403 g/mol. The molecule has 2 aromatic rings. The topological polar surface area (TPSA) is 91.9 Å². The van der Waals surface area contributed by atoms with Gasteiger partial charge in [0.25, 0.3) is 5.91 Å². The number of cyclic esters (lactones) is 1. The van der Waals surface area contributed by atoms with Crippen LogP contribution in [-0.4, -0.2) is 71.1 Å². The summed E-state index contributed by atoms with van der Waals surface area (Å²) >= 11 is 0. The van der Waals surface area contributed by atoms with E-state index in [2.05, 4.69) is 4.98 Å². The Morgan fingerprint density at radius 1 is 1.28 bits per heavy atom. The van der Waals surface area contributed by atoms with Crippen LogP contribution in [0.3, 0.4) is 0 Å². The Labute approximate surface area is 166 Å². The highest BCUT2D eigenvalue weighted by atomic mass is 19.1. The van der Waals surface area contributed by atoms with Crippen LogP contribution in [-0.2, 0) is 14.3 Å². The van der Waals surface area contributed by atoms with Gasteiger partial charge in [0.1, 0.15) is 18.1 Å². The Balaban J connectivity index is 1.42. The van der Waals surface area contributed by atoms with E-state index >= 15 is 0 Å². The number of amides is 2. The number of carbonyl (C=O) groups excluding carboxylic acids is 3. The number of benzene rings is 1. The van der Waals surface area contributed by atoms with Crippen LogP contribution in [0.4, 0.5) is 9.18 Å². The lowest BCUT2D eigenvalue weighted by atomic mass is 10.0. The van der Waals surface area contributed by atoms with Crippen molar-refractivity contribution in [1.29, 1.82) is 0 Å². The first-order valence-corrected chi connectivity index (χ1v) is 9.67. The van der Waals surface area contributed by atoms with E-state index in [0.717, 1.165) is 0 Å². The molecule has 4 rings (SSSR count). The van der Waals surface area contributed by atoms with E-state index in [1.165, 1.54) is 17.0 Å². The molecule has 2 aliphatic heterocycles. The molecule has 0 aliphatic carbocycles. The van der Waals surface area contributed by atoms with Crippen molar-refractivity contribution in [1.82, 2.24) is 14.8 Å². The molecule has 2 fully saturated rings. The second-order valence-electron chi connectivity index (χ2n) is 7.19. The summed E-state index contributed by atoms with van der Waals surface area (Å²) in [4.78, 5) is 43.2. The molecular weight excluding hydrogens is 381 g/mol. The normalized spacial score (nSPS) is 20.2. The zero-order chi connectivity index (χ0) is 20.5. The Morgan fingerprint density at radius 3 is 2.76 bits per heavy atom. The van der Waals surface area contributed by atoms with Gasteiger partial charge in [-0.1, -0.05) is 0 Å². The summed E-state index contributed by atoms with van der Waals surface area (Å²) in [7, 11) is 0. The lowest BCUT2D eigenvalue weighted by molar-refractivity contribution is -0.148. The number of esters is 1. The Kier molecular flexibility index (Phi) is 5.12. The smallest absolute Gasteiger partial charge is 0.410 e. The van der Waals surface area contributed by atoms with Gasteiger partial charge in [-0.25, -0.2) is 14.0 Å². The first-order valence-electron chi connectivity index (χ1n) is 9.67. The number of nitrogens with zero attached hydrogens (tertiary/aromatic N) is 2. The summed E-state index contributed by atoms with van der Waals surface area (Å²) in [5, 5.41) is 0.639. The number of halogens is 1. The highest BCUT2D eigenvalue weighted by Crippen LogP contribution is 2.26. The van der Waals surface area contributed by atoms with Crippen molar-refractivity contribution in [2.24, 2.45) is 0 Å². The van der Waals surface area contributed by atoms with E-state index < -0.39 is 18.1 Å². The molecule has 1 N–H and O–H groups in total. The molecule has 1 atom stereocenters. The minimum absolute atomic E-state index is 0.0115. The van der Waals surface area contributed by atoms with Gasteiger partial charge in [0.2, 0.25) is 0 Å². The molecule has 0 radical (unpaired) electrons. The monoisotopic (exact) mass is 403 g/mol. The van der Waals surface area contributed by atoms with Gasteiger partial charge in [0.05, 0.1) is 6.61 Å². The van der Waals surface area contributed by atoms with E-state index in [1.807, 2.05) is 0 Å². The van der Waals surface area contributed by atoms with Gasteiger partial charge >= 0.3 is 12.1 Å². The van der Waals surface area contributed by atoms with E-state index in [4.69, 9.17) is 9.47 Å². The summed E-state index contributed by atoms with van der Waals surface area (Å²) in [6, 6.07) is 5.03. The summed E-state index contributed by atoms with van der Waals surface area (Å²) in [6.45, 7) is 2.81. The standard InChI is InChI=1S/C20H22FN3O5/c1-2-28-19(26)17-11-29-20(27)24(17)14-5-7-23(8-6-14)18(25)16-10-12-9-13(21)3-4-15(12)22-16/h3-4,9-10,14,17,22H,2,5-8,11H2,1H3. The molecule has 0 spiro atoms. The van der Waals surface area contributed by atoms with Crippen LogP contribution < -0.4 is 0 Å². The zero-order valence-electron chi connectivity index (χ0n) is 16.0. The number of fused-ring (bicyclic) bond motifs is 1. The maximum absolute atomic E-state index is 13.4. The van der Waals surface area contributed by atoms with Crippen molar-refractivity contribution < 1.29 is 28.2 Å². The zero-order valence-corrected chi connectivity index (χ0v) is 16.0. The second-order valence-corrected chi connectivity index (χ2v) is 7.19. The number of nitrogens with one attached hydrogen (secondary N) is 1. The highest BCUT2D eigenvalue weighted by Gasteiger charge is 2.44. The summed E-state index contributed by atoms with van der Waals surface area (Å²) in [5.41, 5.74) is 1.09. The van der Waals surface area contributed by atoms with Crippen LogP contribution >= 0.6 is 0 Å².